The molecule has 0 saturated heterocycles. The number of anilines is 1. The Bertz CT molecular complexity index is 1170. The molecular formula is C22H19F5N4O2. The quantitative estimate of drug-likeness (QED) is 0.525. The lowest BCUT2D eigenvalue weighted by molar-refractivity contribution is -0.160. The Morgan fingerprint density at radius 3 is 2.45 bits per heavy atom. The first-order valence-corrected chi connectivity index (χ1v) is 9.99. The number of hydrogen-bond donors (Lipinski definition) is 1. The number of rotatable bonds is 7. The standard InChI is InChI=1S/C22H19F5N4O2/c1-33-17-9-14(8-16(23)20(17)24)12-31-28-11-18(30-31)29-19(32)10-13-2-4-15(5-3-13)21(6-7-21)22(25,26)27/h2-5,8-9,11H,6-7,10,12H2,1H3,(H,29,30,32). The number of halogens is 5. The molecule has 4 rings (SSSR count). The van der Waals surface area contributed by atoms with Crippen molar-refractivity contribution in [2.24, 2.45) is 0 Å². The minimum Gasteiger partial charge on any atom is -0.494 e. The Kier molecular flexibility index (Phi) is 5.81. The van der Waals surface area contributed by atoms with Crippen LogP contribution in [-0.2, 0) is 23.2 Å². The Labute approximate surface area is 185 Å². The monoisotopic (exact) mass is 466 g/mol. The van der Waals surface area contributed by atoms with Gasteiger partial charge in [-0.3, -0.25) is 4.79 Å². The summed E-state index contributed by atoms with van der Waals surface area (Å²) in [6.45, 7) is 0.00580. The zero-order valence-corrected chi connectivity index (χ0v) is 17.4. The highest BCUT2D eigenvalue weighted by Crippen LogP contribution is 2.58. The minimum absolute atomic E-state index is 0.00580. The van der Waals surface area contributed by atoms with Crippen LogP contribution in [-0.4, -0.2) is 34.2 Å². The van der Waals surface area contributed by atoms with Crippen LogP contribution in [0, 0.1) is 11.6 Å². The summed E-state index contributed by atoms with van der Waals surface area (Å²) >= 11 is 0. The van der Waals surface area contributed by atoms with E-state index in [1.807, 2.05) is 0 Å². The van der Waals surface area contributed by atoms with Crippen molar-refractivity contribution in [2.45, 2.75) is 37.4 Å². The van der Waals surface area contributed by atoms with E-state index in [-0.39, 0.29) is 42.9 Å². The highest BCUT2D eigenvalue weighted by atomic mass is 19.4. The van der Waals surface area contributed by atoms with Crippen LogP contribution in [0.15, 0.2) is 42.6 Å². The summed E-state index contributed by atoms with van der Waals surface area (Å²) in [5, 5.41) is 10.6. The van der Waals surface area contributed by atoms with Crippen LogP contribution in [0.25, 0.3) is 0 Å². The number of benzene rings is 2. The lowest BCUT2D eigenvalue weighted by Crippen LogP contribution is -2.28. The molecule has 0 radical (unpaired) electrons. The van der Waals surface area contributed by atoms with Crippen LogP contribution in [0.1, 0.15) is 29.5 Å². The molecule has 1 saturated carbocycles. The molecule has 0 aliphatic heterocycles. The topological polar surface area (TPSA) is 69.0 Å². The molecular weight excluding hydrogens is 447 g/mol. The first-order valence-electron chi connectivity index (χ1n) is 9.99. The lowest BCUT2D eigenvalue weighted by Gasteiger charge is -2.19. The molecule has 1 aliphatic rings. The number of nitrogens with one attached hydrogen (secondary N) is 1. The maximum absolute atomic E-state index is 13.6. The van der Waals surface area contributed by atoms with Crippen molar-refractivity contribution in [3.05, 3.63) is 70.9 Å². The van der Waals surface area contributed by atoms with Crippen LogP contribution in [0.4, 0.5) is 27.8 Å². The molecule has 0 bridgehead atoms. The van der Waals surface area contributed by atoms with Crippen LogP contribution in [0.3, 0.4) is 0 Å². The molecule has 0 spiro atoms. The second-order valence-electron chi connectivity index (χ2n) is 7.86. The molecule has 0 atom stereocenters. The van der Waals surface area contributed by atoms with E-state index < -0.39 is 29.1 Å². The Morgan fingerprint density at radius 1 is 1.15 bits per heavy atom. The van der Waals surface area contributed by atoms with Gasteiger partial charge in [0.05, 0.1) is 31.7 Å². The molecule has 1 fully saturated rings. The number of hydrogen-bond acceptors (Lipinski definition) is 4. The van der Waals surface area contributed by atoms with Crippen molar-refractivity contribution in [1.82, 2.24) is 15.0 Å². The number of methoxy groups -OCH3 is 1. The first kappa shape index (κ1) is 22.7. The number of carbonyl (C=O) groups excluding carboxylic acids is 1. The van der Waals surface area contributed by atoms with Crippen LogP contribution in [0.2, 0.25) is 0 Å². The molecule has 2 aromatic carbocycles. The smallest absolute Gasteiger partial charge is 0.398 e. The van der Waals surface area contributed by atoms with E-state index in [9.17, 15) is 26.7 Å². The third-order valence-electron chi connectivity index (χ3n) is 5.57. The van der Waals surface area contributed by atoms with Gasteiger partial charge in [-0.25, -0.2) is 4.39 Å². The molecule has 1 N–H and O–H groups in total. The van der Waals surface area contributed by atoms with Gasteiger partial charge in [-0.2, -0.15) is 27.5 Å². The summed E-state index contributed by atoms with van der Waals surface area (Å²) in [7, 11) is 1.22. The molecule has 11 heteroatoms. The van der Waals surface area contributed by atoms with Gasteiger partial charge in [0.15, 0.2) is 17.4 Å². The molecule has 0 unspecified atom stereocenters. The van der Waals surface area contributed by atoms with Crippen molar-refractivity contribution in [1.29, 1.82) is 0 Å². The molecule has 33 heavy (non-hydrogen) atoms. The largest absolute Gasteiger partial charge is 0.494 e. The fourth-order valence-corrected chi connectivity index (χ4v) is 3.63. The van der Waals surface area contributed by atoms with E-state index >= 15 is 0 Å². The molecule has 1 amide bonds. The minimum atomic E-state index is -4.29. The number of aromatic nitrogens is 3. The highest BCUT2D eigenvalue weighted by Gasteiger charge is 2.64. The summed E-state index contributed by atoms with van der Waals surface area (Å²) < 4.78 is 71.7. The Balaban J connectivity index is 1.36. The van der Waals surface area contributed by atoms with E-state index in [2.05, 4.69) is 15.5 Å². The Morgan fingerprint density at radius 2 is 1.85 bits per heavy atom. The van der Waals surface area contributed by atoms with Crippen molar-refractivity contribution >= 4 is 11.7 Å². The van der Waals surface area contributed by atoms with E-state index in [0.29, 0.717) is 11.1 Å². The number of ether oxygens (including phenoxy) is 1. The molecule has 174 valence electrons. The molecule has 1 aromatic heterocycles. The van der Waals surface area contributed by atoms with Crippen molar-refractivity contribution in [2.75, 3.05) is 12.4 Å². The summed E-state index contributed by atoms with van der Waals surface area (Å²) in [5.41, 5.74) is -0.651. The van der Waals surface area contributed by atoms with Crippen molar-refractivity contribution in [3.8, 4) is 5.75 Å². The predicted octanol–water partition coefficient (Wildman–Crippen LogP) is 4.39. The maximum Gasteiger partial charge on any atom is 0.398 e. The summed E-state index contributed by atoms with van der Waals surface area (Å²) in [4.78, 5) is 13.5. The maximum atomic E-state index is 13.6. The second-order valence-corrected chi connectivity index (χ2v) is 7.86. The average molecular weight is 466 g/mol. The van der Waals surface area contributed by atoms with E-state index in [1.54, 1.807) is 0 Å². The summed E-state index contributed by atoms with van der Waals surface area (Å²) in [5.74, 6) is -2.71. The zero-order valence-electron chi connectivity index (χ0n) is 17.4. The lowest BCUT2D eigenvalue weighted by atomic mass is 9.94. The Hall–Kier alpha value is -3.50. The van der Waals surface area contributed by atoms with E-state index in [4.69, 9.17) is 4.74 Å². The van der Waals surface area contributed by atoms with Gasteiger partial charge < -0.3 is 10.1 Å². The van der Waals surface area contributed by atoms with Gasteiger partial charge in [0.25, 0.3) is 0 Å². The highest BCUT2D eigenvalue weighted by molar-refractivity contribution is 5.91. The third kappa shape index (κ3) is 4.67. The second kappa shape index (κ2) is 8.45. The van der Waals surface area contributed by atoms with Gasteiger partial charge in [-0.05, 0) is 41.7 Å². The predicted molar refractivity (Wildman–Crippen MR) is 108 cm³/mol. The summed E-state index contributed by atoms with van der Waals surface area (Å²) in [6, 6.07) is 8.15. The number of amides is 1. The van der Waals surface area contributed by atoms with Crippen molar-refractivity contribution in [3.63, 3.8) is 0 Å². The molecule has 6 nitrogen and oxygen atoms in total. The SMILES string of the molecule is COc1cc(Cn2ncc(NC(=O)Cc3ccc(C4(C(F)(F)F)CC4)cc3)n2)cc(F)c1F. The van der Waals surface area contributed by atoms with Gasteiger partial charge in [-0.1, -0.05) is 24.3 Å². The van der Waals surface area contributed by atoms with Crippen molar-refractivity contribution < 1.29 is 31.5 Å². The zero-order chi connectivity index (χ0) is 23.8. The first-order chi connectivity index (χ1) is 15.6. The van der Waals surface area contributed by atoms with Gasteiger partial charge in [0.2, 0.25) is 11.7 Å². The van der Waals surface area contributed by atoms with Crippen LogP contribution >= 0.6 is 0 Å². The number of carbonyl (C=O) groups is 1. The van der Waals surface area contributed by atoms with Gasteiger partial charge in [0.1, 0.15) is 0 Å². The molecule has 1 heterocycles. The fraction of sp³-hybridized carbons (Fsp3) is 0.318. The van der Waals surface area contributed by atoms with Gasteiger partial charge in [-0.15, -0.1) is 5.10 Å². The van der Waals surface area contributed by atoms with Crippen LogP contribution < -0.4 is 10.1 Å². The molecule has 1 aliphatic carbocycles. The number of alkyl halides is 3. The summed E-state index contributed by atoms with van der Waals surface area (Å²) in [6.07, 6.45) is -2.92. The average Bonchev–Trinajstić information content (AvgIpc) is 3.47. The fourth-order valence-electron chi connectivity index (χ4n) is 3.63. The van der Waals surface area contributed by atoms with E-state index in [0.717, 1.165) is 6.07 Å². The third-order valence-corrected chi connectivity index (χ3v) is 5.57. The van der Waals surface area contributed by atoms with Gasteiger partial charge >= 0.3 is 6.18 Å². The van der Waals surface area contributed by atoms with Gasteiger partial charge in [0, 0.05) is 0 Å². The van der Waals surface area contributed by atoms with E-state index in [1.165, 1.54) is 48.4 Å². The normalized spacial score (nSPS) is 14.7. The molecule has 3 aromatic rings. The van der Waals surface area contributed by atoms with Crippen LogP contribution in [0.5, 0.6) is 5.75 Å². The number of nitrogens with zero attached hydrogens (tertiary/aromatic N) is 3.